The molecule has 1 aromatic heterocycles. The molecule has 0 spiro atoms. The Morgan fingerprint density at radius 2 is 2.29 bits per heavy atom. The molecule has 2 rings (SSSR count). The van der Waals surface area contributed by atoms with E-state index in [-0.39, 0.29) is 27.8 Å². The molecule has 0 radical (unpaired) electrons. The summed E-state index contributed by atoms with van der Waals surface area (Å²) >= 11 is 5.89. The van der Waals surface area contributed by atoms with E-state index in [1.165, 1.54) is 10.9 Å². The van der Waals surface area contributed by atoms with Crippen molar-refractivity contribution < 1.29 is 14.8 Å². The van der Waals surface area contributed by atoms with Gasteiger partial charge in [0.25, 0.3) is 11.6 Å². The molecule has 2 N–H and O–H groups in total. The van der Waals surface area contributed by atoms with E-state index in [9.17, 15) is 20.0 Å². The van der Waals surface area contributed by atoms with Gasteiger partial charge in [-0.15, -0.1) is 0 Å². The molecule has 0 aliphatic heterocycles. The fraction of sp³-hybridized carbons (Fsp3) is 0.167. The number of carbonyl (C=O) groups is 1. The van der Waals surface area contributed by atoms with Crippen molar-refractivity contribution in [2.75, 3.05) is 5.32 Å². The SMILES string of the molecule is CCn1ncc(Cl)c1C(=O)Nc1cc([N+](=O)[O-])ccc1O. The van der Waals surface area contributed by atoms with Crippen LogP contribution in [-0.2, 0) is 6.54 Å². The van der Waals surface area contributed by atoms with Crippen LogP contribution in [0.4, 0.5) is 11.4 Å². The highest BCUT2D eigenvalue weighted by atomic mass is 35.5. The fourth-order valence-electron chi connectivity index (χ4n) is 1.75. The summed E-state index contributed by atoms with van der Waals surface area (Å²) in [5.74, 6) is -0.900. The van der Waals surface area contributed by atoms with Crippen LogP contribution in [0.5, 0.6) is 5.75 Å². The van der Waals surface area contributed by atoms with E-state index in [1.807, 2.05) is 0 Å². The Morgan fingerprint density at radius 3 is 2.90 bits per heavy atom. The third-order valence-electron chi connectivity index (χ3n) is 2.75. The molecule has 0 bridgehead atoms. The number of benzene rings is 1. The van der Waals surface area contributed by atoms with E-state index in [0.29, 0.717) is 6.54 Å². The maximum Gasteiger partial charge on any atom is 0.275 e. The van der Waals surface area contributed by atoms with Crippen LogP contribution in [0, 0.1) is 10.1 Å². The smallest absolute Gasteiger partial charge is 0.275 e. The third-order valence-corrected chi connectivity index (χ3v) is 3.03. The van der Waals surface area contributed by atoms with Gasteiger partial charge in [-0.05, 0) is 13.0 Å². The number of rotatable bonds is 4. The molecular formula is C12H11ClN4O4. The normalized spacial score (nSPS) is 10.4. The Labute approximate surface area is 124 Å². The lowest BCUT2D eigenvalue weighted by Crippen LogP contribution is -2.18. The lowest BCUT2D eigenvalue weighted by molar-refractivity contribution is -0.384. The monoisotopic (exact) mass is 310 g/mol. The highest BCUT2D eigenvalue weighted by Gasteiger charge is 2.19. The molecule has 0 fully saturated rings. The van der Waals surface area contributed by atoms with Crippen LogP contribution in [0.2, 0.25) is 5.02 Å². The largest absolute Gasteiger partial charge is 0.506 e. The van der Waals surface area contributed by atoms with E-state index in [0.717, 1.165) is 18.2 Å². The topological polar surface area (TPSA) is 110 Å². The number of phenolic OH excluding ortho intramolecular Hbond substituents is 1. The maximum atomic E-state index is 12.2. The molecule has 1 amide bonds. The lowest BCUT2D eigenvalue weighted by Gasteiger charge is -2.08. The second-order valence-electron chi connectivity index (χ2n) is 4.07. The van der Waals surface area contributed by atoms with Gasteiger partial charge in [-0.3, -0.25) is 19.6 Å². The predicted molar refractivity (Wildman–Crippen MR) is 75.6 cm³/mol. The van der Waals surface area contributed by atoms with Gasteiger partial charge < -0.3 is 10.4 Å². The van der Waals surface area contributed by atoms with Crippen molar-refractivity contribution in [1.82, 2.24) is 9.78 Å². The van der Waals surface area contributed by atoms with Crippen LogP contribution in [0.3, 0.4) is 0 Å². The van der Waals surface area contributed by atoms with Crippen LogP contribution in [-0.4, -0.2) is 25.7 Å². The van der Waals surface area contributed by atoms with E-state index >= 15 is 0 Å². The van der Waals surface area contributed by atoms with E-state index in [4.69, 9.17) is 11.6 Å². The van der Waals surface area contributed by atoms with Crippen LogP contribution < -0.4 is 5.32 Å². The highest BCUT2D eigenvalue weighted by molar-refractivity contribution is 6.34. The Balaban J connectivity index is 2.33. The first-order chi connectivity index (χ1) is 9.93. The van der Waals surface area contributed by atoms with Crippen molar-refractivity contribution in [2.24, 2.45) is 0 Å². The third kappa shape index (κ3) is 2.95. The summed E-state index contributed by atoms with van der Waals surface area (Å²) < 4.78 is 1.38. The molecule has 110 valence electrons. The summed E-state index contributed by atoms with van der Waals surface area (Å²) in [5.41, 5.74) is -0.211. The molecule has 0 aliphatic rings. The molecule has 0 unspecified atom stereocenters. The minimum atomic E-state index is -0.627. The molecule has 0 saturated carbocycles. The molecule has 0 atom stereocenters. The van der Waals surface area contributed by atoms with E-state index in [1.54, 1.807) is 6.92 Å². The Kier molecular flexibility index (Phi) is 4.08. The van der Waals surface area contributed by atoms with Gasteiger partial charge in [-0.25, -0.2) is 0 Å². The van der Waals surface area contributed by atoms with Crippen molar-refractivity contribution in [3.05, 3.63) is 45.2 Å². The molecule has 1 aromatic carbocycles. The number of carbonyl (C=O) groups excluding carboxylic acids is 1. The summed E-state index contributed by atoms with van der Waals surface area (Å²) in [7, 11) is 0. The molecule has 1 heterocycles. The quantitative estimate of drug-likeness (QED) is 0.512. The predicted octanol–water partition coefficient (Wildman–Crippen LogP) is 2.42. The second-order valence-corrected chi connectivity index (χ2v) is 4.48. The van der Waals surface area contributed by atoms with Gasteiger partial charge in [-0.2, -0.15) is 5.10 Å². The van der Waals surface area contributed by atoms with Gasteiger partial charge in [0.15, 0.2) is 0 Å². The van der Waals surface area contributed by atoms with Gasteiger partial charge >= 0.3 is 0 Å². The Hall–Kier alpha value is -2.61. The van der Waals surface area contributed by atoms with Gasteiger partial charge in [-0.1, -0.05) is 11.6 Å². The number of nitro benzene ring substituents is 1. The molecule has 8 nitrogen and oxygen atoms in total. The minimum Gasteiger partial charge on any atom is -0.506 e. The first-order valence-electron chi connectivity index (χ1n) is 5.94. The first-order valence-corrected chi connectivity index (χ1v) is 6.32. The number of amides is 1. The Morgan fingerprint density at radius 1 is 1.57 bits per heavy atom. The number of phenols is 1. The molecular weight excluding hydrogens is 300 g/mol. The van der Waals surface area contributed by atoms with Crippen molar-refractivity contribution in [2.45, 2.75) is 13.5 Å². The fourth-order valence-corrected chi connectivity index (χ4v) is 1.97. The van der Waals surface area contributed by atoms with Gasteiger partial charge in [0, 0.05) is 18.7 Å². The average Bonchev–Trinajstić information content (AvgIpc) is 2.82. The van der Waals surface area contributed by atoms with Crippen LogP contribution in [0.15, 0.2) is 24.4 Å². The number of hydrogen-bond donors (Lipinski definition) is 2. The van der Waals surface area contributed by atoms with Crippen LogP contribution in [0.1, 0.15) is 17.4 Å². The number of aromatic hydroxyl groups is 1. The zero-order valence-electron chi connectivity index (χ0n) is 10.9. The molecule has 2 aromatic rings. The van der Waals surface area contributed by atoms with Crippen LogP contribution in [0.25, 0.3) is 0 Å². The number of non-ortho nitro benzene ring substituents is 1. The van der Waals surface area contributed by atoms with Crippen molar-refractivity contribution >= 4 is 28.9 Å². The maximum absolute atomic E-state index is 12.2. The Bertz CT molecular complexity index is 713. The summed E-state index contributed by atoms with van der Waals surface area (Å²) in [6.45, 7) is 2.21. The number of hydrogen-bond acceptors (Lipinski definition) is 5. The molecule has 0 saturated heterocycles. The number of aryl methyl sites for hydroxylation is 1. The van der Waals surface area contributed by atoms with Gasteiger partial charge in [0.05, 0.1) is 21.8 Å². The number of nitrogens with one attached hydrogen (secondary N) is 1. The number of nitro groups is 1. The summed E-state index contributed by atoms with van der Waals surface area (Å²) in [6.07, 6.45) is 1.33. The van der Waals surface area contributed by atoms with Crippen LogP contribution >= 0.6 is 11.6 Å². The average molecular weight is 311 g/mol. The van der Waals surface area contributed by atoms with Crippen molar-refractivity contribution in [1.29, 1.82) is 0 Å². The summed E-state index contributed by atoms with van der Waals surface area (Å²) in [5, 5.41) is 26.8. The summed E-state index contributed by atoms with van der Waals surface area (Å²) in [6, 6.07) is 3.33. The van der Waals surface area contributed by atoms with E-state index in [2.05, 4.69) is 10.4 Å². The van der Waals surface area contributed by atoms with Gasteiger partial charge in [0.2, 0.25) is 0 Å². The summed E-state index contributed by atoms with van der Waals surface area (Å²) in [4.78, 5) is 22.3. The number of nitrogens with zero attached hydrogens (tertiary/aromatic N) is 3. The molecule has 9 heteroatoms. The standard InChI is InChI=1S/C12H11ClN4O4/c1-2-16-11(8(13)6-14-16)12(19)15-9-5-7(17(20)21)3-4-10(9)18/h3-6,18H,2H2,1H3,(H,15,19). The van der Waals surface area contributed by atoms with E-state index < -0.39 is 10.8 Å². The first kappa shape index (κ1) is 14.8. The minimum absolute atomic E-state index is 0.0749. The van der Waals surface area contributed by atoms with Gasteiger partial charge in [0.1, 0.15) is 11.4 Å². The lowest BCUT2D eigenvalue weighted by atomic mass is 10.2. The number of anilines is 1. The number of halogens is 1. The molecule has 0 aliphatic carbocycles. The van der Waals surface area contributed by atoms with Crippen molar-refractivity contribution in [3.63, 3.8) is 0 Å². The number of aromatic nitrogens is 2. The zero-order chi connectivity index (χ0) is 15.6. The highest BCUT2D eigenvalue weighted by Crippen LogP contribution is 2.28. The molecule has 21 heavy (non-hydrogen) atoms. The second kappa shape index (κ2) is 5.80. The zero-order valence-corrected chi connectivity index (χ0v) is 11.7. The van der Waals surface area contributed by atoms with Crippen molar-refractivity contribution in [3.8, 4) is 5.75 Å².